The van der Waals surface area contributed by atoms with Gasteiger partial charge in [0.1, 0.15) is 5.82 Å². The minimum Gasteiger partial charge on any atom is -0.395 e. The third-order valence-corrected chi connectivity index (χ3v) is 2.75. The van der Waals surface area contributed by atoms with E-state index in [1.807, 2.05) is 0 Å². The molecule has 1 aromatic rings. The van der Waals surface area contributed by atoms with Crippen LogP contribution < -0.4 is 5.73 Å². The van der Waals surface area contributed by atoms with E-state index >= 15 is 0 Å². The smallest absolute Gasteiger partial charge is 0.395 e. The number of aliphatic hydroxyl groups is 1. The standard InChI is InChI=1S/C11H13F4NO/c1-10(5-16,6-17)7-3-2-4-8(9(7)12)11(13,14)15/h2-4,17H,5-6,16H2,1H3. The number of hydrogen-bond acceptors (Lipinski definition) is 2. The van der Waals surface area contributed by atoms with Gasteiger partial charge in [-0.3, -0.25) is 0 Å². The fourth-order valence-electron chi connectivity index (χ4n) is 1.48. The molecule has 6 heteroatoms. The van der Waals surface area contributed by atoms with E-state index in [4.69, 9.17) is 10.8 Å². The van der Waals surface area contributed by atoms with Gasteiger partial charge in [0.2, 0.25) is 0 Å². The zero-order chi connectivity index (χ0) is 13.3. The van der Waals surface area contributed by atoms with Crippen molar-refractivity contribution < 1.29 is 22.7 Å². The van der Waals surface area contributed by atoms with E-state index in [-0.39, 0.29) is 12.1 Å². The van der Waals surface area contributed by atoms with E-state index in [2.05, 4.69) is 0 Å². The molecular weight excluding hydrogens is 238 g/mol. The highest BCUT2D eigenvalue weighted by atomic mass is 19.4. The van der Waals surface area contributed by atoms with Crippen LogP contribution in [0.2, 0.25) is 0 Å². The Balaban J connectivity index is 3.38. The van der Waals surface area contributed by atoms with Crippen LogP contribution in [-0.2, 0) is 11.6 Å². The van der Waals surface area contributed by atoms with Crippen LogP contribution in [0.15, 0.2) is 18.2 Å². The molecule has 0 fully saturated rings. The van der Waals surface area contributed by atoms with Gasteiger partial charge in [0, 0.05) is 12.0 Å². The number of benzene rings is 1. The molecule has 0 aliphatic carbocycles. The summed E-state index contributed by atoms with van der Waals surface area (Å²) in [6.07, 6.45) is -4.76. The summed E-state index contributed by atoms with van der Waals surface area (Å²) < 4.78 is 51.2. The van der Waals surface area contributed by atoms with Gasteiger partial charge in [0.15, 0.2) is 0 Å². The van der Waals surface area contributed by atoms with E-state index in [0.29, 0.717) is 6.07 Å². The minimum atomic E-state index is -4.76. The van der Waals surface area contributed by atoms with Crippen LogP contribution in [0.3, 0.4) is 0 Å². The Hall–Kier alpha value is -1.14. The van der Waals surface area contributed by atoms with Crippen molar-refractivity contribution in [2.75, 3.05) is 13.2 Å². The second-order valence-electron chi connectivity index (χ2n) is 4.09. The summed E-state index contributed by atoms with van der Waals surface area (Å²) >= 11 is 0. The molecule has 0 aliphatic rings. The number of hydrogen-bond donors (Lipinski definition) is 2. The van der Waals surface area contributed by atoms with Crippen LogP contribution in [0.4, 0.5) is 17.6 Å². The van der Waals surface area contributed by atoms with Gasteiger partial charge in [-0.25, -0.2) is 4.39 Å². The topological polar surface area (TPSA) is 46.2 Å². The van der Waals surface area contributed by atoms with Crippen molar-refractivity contribution in [3.63, 3.8) is 0 Å². The lowest BCUT2D eigenvalue weighted by Crippen LogP contribution is -2.37. The number of alkyl halides is 3. The first-order chi connectivity index (χ1) is 7.76. The van der Waals surface area contributed by atoms with Crippen molar-refractivity contribution in [1.29, 1.82) is 0 Å². The summed E-state index contributed by atoms with van der Waals surface area (Å²) in [6.45, 7) is 0.731. The first-order valence-corrected chi connectivity index (χ1v) is 4.93. The summed E-state index contributed by atoms with van der Waals surface area (Å²) in [7, 11) is 0. The summed E-state index contributed by atoms with van der Waals surface area (Å²) in [5, 5.41) is 9.13. The molecule has 0 radical (unpaired) electrons. The summed E-state index contributed by atoms with van der Waals surface area (Å²) in [4.78, 5) is 0. The number of halogens is 4. The molecule has 1 aromatic carbocycles. The zero-order valence-electron chi connectivity index (χ0n) is 9.18. The summed E-state index contributed by atoms with van der Waals surface area (Å²) in [5.74, 6) is -1.37. The Morgan fingerprint density at radius 1 is 1.24 bits per heavy atom. The van der Waals surface area contributed by atoms with Gasteiger partial charge in [-0.2, -0.15) is 13.2 Å². The van der Waals surface area contributed by atoms with Crippen LogP contribution in [0.5, 0.6) is 0 Å². The molecule has 1 unspecified atom stereocenters. The van der Waals surface area contributed by atoms with Crippen LogP contribution >= 0.6 is 0 Å². The van der Waals surface area contributed by atoms with Gasteiger partial charge in [0.05, 0.1) is 12.2 Å². The van der Waals surface area contributed by atoms with Gasteiger partial charge in [0.25, 0.3) is 0 Å². The second kappa shape index (κ2) is 4.62. The van der Waals surface area contributed by atoms with Gasteiger partial charge in [-0.05, 0) is 11.6 Å². The largest absolute Gasteiger partial charge is 0.419 e. The van der Waals surface area contributed by atoms with Crippen molar-refractivity contribution in [2.45, 2.75) is 18.5 Å². The average molecular weight is 251 g/mol. The molecule has 0 aromatic heterocycles. The molecule has 2 nitrogen and oxygen atoms in total. The molecule has 0 spiro atoms. The summed E-state index contributed by atoms with van der Waals surface area (Å²) in [6, 6.07) is 2.96. The molecule has 3 N–H and O–H groups in total. The molecular formula is C11H13F4NO. The molecule has 0 amide bonds. The van der Waals surface area contributed by atoms with E-state index in [1.165, 1.54) is 13.0 Å². The van der Waals surface area contributed by atoms with Gasteiger partial charge in [-0.1, -0.05) is 19.1 Å². The van der Waals surface area contributed by atoms with E-state index in [0.717, 1.165) is 6.07 Å². The third kappa shape index (κ3) is 2.58. The van der Waals surface area contributed by atoms with Gasteiger partial charge >= 0.3 is 6.18 Å². The lowest BCUT2D eigenvalue weighted by molar-refractivity contribution is -0.140. The zero-order valence-corrected chi connectivity index (χ0v) is 9.18. The fourth-order valence-corrected chi connectivity index (χ4v) is 1.48. The molecule has 17 heavy (non-hydrogen) atoms. The Kier molecular flexibility index (Phi) is 3.78. The van der Waals surface area contributed by atoms with E-state index in [1.54, 1.807) is 0 Å². The molecule has 0 bridgehead atoms. The maximum absolute atomic E-state index is 13.8. The number of rotatable bonds is 3. The first-order valence-electron chi connectivity index (χ1n) is 4.93. The number of aliphatic hydroxyl groups excluding tert-OH is 1. The predicted octanol–water partition coefficient (Wildman–Crippen LogP) is 2.05. The predicted molar refractivity (Wildman–Crippen MR) is 54.9 cm³/mol. The SMILES string of the molecule is CC(CN)(CO)c1cccc(C(F)(F)F)c1F. The van der Waals surface area contributed by atoms with Crippen molar-refractivity contribution in [3.8, 4) is 0 Å². The quantitative estimate of drug-likeness (QED) is 0.808. The molecule has 0 heterocycles. The average Bonchev–Trinajstić information content (AvgIpc) is 2.27. The Bertz CT molecular complexity index is 399. The molecule has 1 rings (SSSR count). The minimum absolute atomic E-state index is 0.151. The van der Waals surface area contributed by atoms with Crippen LogP contribution in [0.1, 0.15) is 18.1 Å². The van der Waals surface area contributed by atoms with Crippen LogP contribution in [0.25, 0.3) is 0 Å². The maximum Gasteiger partial charge on any atom is 0.419 e. The Morgan fingerprint density at radius 3 is 2.18 bits per heavy atom. The monoisotopic (exact) mass is 251 g/mol. The van der Waals surface area contributed by atoms with E-state index < -0.39 is 29.6 Å². The normalized spacial score (nSPS) is 15.7. The molecule has 0 aliphatic heterocycles. The lowest BCUT2D eigenvalue weighted by Gasteiger charge is -2.27. The molecule has 1 atom stereocenters. The lowest BCUT2D eigenvalue weighted by atomic mass is 9.82. The Morgan fingerprint density at radius 2 is 1.76 bits per heavy atom. The summed E-state index contributed by atoms with van der Waals surface area (Å²) in [5.41, 5.74) is 2.58. The second-order valence-corrected chi connectivity index (χ2v) is 4.09. The third-order valence-electron chi connectivity index (χ3n) is 2.75. The van der Waals surface area contributed by atoms with Crippen molar-refractivity contribution in [1.82, 2.24) is 0 Å². The maximum atomic E-state index is 13.8. The van der Waals surface area contributed by atoms with Crippen LogP contribution in [-0.4, -0.2) is 18.3 Å². The van der Waals surface area contributed by atoms with Crippen LogP contribution in [0, 0.1) is 5.82 Å². The van der Waals surface area contributed by atoms with Crippen molar-refractivity contribution >= 4 is 0 Å². The van der Waals surface area contributed by atoms with E-state index in [9.17, 15) is 17.6 Å². The highest BCUT2D eigenvalue weighted by molar-refractivity contribution is 5.34. The first kappa shape index (κ1) is 13.9. The fraction of sp³-hybridized carbons (Fsp3) is 0.455. The van der Waals surface area contributed by atoms with Gasteiger partial charge in [-0.15, -0.1) is 0 Å². The van der Waals surface area contributed by atoms with Crippen molar-refractivity contribution in [3.05, 3.63) is 35.1 Å². The van der Waals surface area contributed by atoms with Crippen molar-refractivity contribution in [2.24, 2.45) is 5.73 Å². The Labute approximate surface area is 96.1 Å². The molecule has 0 saturated carbocycles. The van der Waals surface area contributed by atoms with Gasteiger partial charge < -0.3 is 10.8 Å². The molecule has 96 valence electrons. The number of nitrogens with two attached hydrogens (primary N) is 1. The highest BCUT2D eigenvalue weighted by Gasteiger charge is 2.37. The molecule has 0 saturated heterocycles. The highest BCUT2D eigenvalue weighted by Crippen LogP contribution is 2.35.